The third-order valence-electron chi connectivity index (χ3n) is 3.33. The number of rotatable bonds is 7. The minimum absolute atomic E-state index is 0.0699. The van der Waals surface area contributed by atoms with Gasteiger partial charge in [-0.3, -0.25) is 0 Å². The van der Waals surface area contributed by atoms with E-state index in [1.54, 1.807) is 10.7 Å². The van der Waals surface area contributed by atoms with E-state index < -0.39 is 8.07 Å². The molecule has 0 radical (unpaired) electrons. The third kappa shape index (κ3) is 5.15. The van der Waals surface area contributed by atoms with E-state index in [9.17, 15) is 4.39 Å². The molecule has 0 aliphatic carbocycles. The molecule has 0 amide bonds. The fourth-order valence-corrected chi connectivity index (χ4v) is 3.56. The summed E-state index contributed by atoms with van der Waals surface area (Å²) in [4.78, 5) is 0. The molecular weight excluding hydrogens is 426 g/mol. The van der Waals surface area contributed by atoms with Crippen LogP contribution in [-0.4, -0.2) is 30.6 Å². The molecule has 0 saturated heterocycles. The predicted octanol–water partition coefficient (Wildman–Crippen LogP) is 4.88. The van der Waals surface area contributed by atoms with Crippen molar-refractivity contribution in [2.75, 3.05) is 6.61 Å². The van der Waals surface area contributed by atoms with Crippen LogP contribution in [0.15, 0.2) is 12.1 Å². The van der Waals surface area contributed by atoms with Crippen LogP contribution in [0.4, 0.5) is 4.39 Å². The summed E-state index contributed by atoms with van der Waals surface area (Å²) in [6, 6.07) is 4.30. The van der Waals surface area contributed by atoms with Crippen LogP contribution in [0.2, 0.25) is 25.7 Å². The highest BCUT2D eigenvalue weighted by Crippen LogP contribution is 2.29. The minimum atomic E-state index is -1.11. The first kappa shape index (κ1) is 18.7. The van der Waals surface area contributed by atoms with Crippen LogP contribution in [0.5, 0.6) is 5.75 Å². The second-order valence-corrected chi connectivity index (χ2v) is 13.7. The summed E-state index contributed by atoms with van der Waals surface area (Å²) >= 11 is 2.16. The van der Waals surface area contributed by atoms with Crippen LogP contribution in [0.1, 0.15) is 13.8 Å². The third-order valence-corrected chi connectivity index (χ3v) is 5.83. The van der Waals surface area contributed by atoms with Gasteiger partial charge in [0.15, 0.2) is 11.6 Å². The Kier molecular flexibility index (Phi) is 6.07. The Morgan fingerprint density at radius 2 is 2.00 bits per heavy atom. The monoisotopic (exact) mass is 450 g/mol. The molecule has 0 bridgehead atoms. The van der Waals surface area contributed by atoms with Gasteiger partial charge in [-0.15, -0.1) is 0 Å². The highest BCUT2D eigenvalue weighted by atomic mass is 127. The number of hydrogen-bond acceptors (Lipinski definition) is 3. The van der Waals surface area contributed by atoms with Crippen LogP contribution in [0.25, 0.3) is 10.9 Å². The van der Waals surface area contributed by atoms with Gasteiger partial charge in [0, 0.05) is 26.1 Å². The number of halogens is 2. The van der Waals surface area contributed by atoms with Gasteiger partial charge in [0.25, 0.3) is 0 Å². The molecule has 128 valence electrons. The van der Waals surface area contributed by atoms with Gasteiger partial charge in [-0.2, -0.15) is 5.10 Å². The van der Waals surface area contributed by atoms with Crippen LogP contribution in [0, 0.1) is 9.52 Å². The van der Waals surface area contributed by atoms with Crippen molar-refractivity contribution in [3.63, 3.8) is 0 Å². The van der Waals surface area contributed by atoms with Crippen molar-refractivity contribution in [2.24, 2.45) is 0 Å². The molecular formula is C16H24FIN2O2Si. The van der Waals surface area contributed by atoms with Crippen molar-refractivity contribution in [3.8, 4) is 5.75 Å². The molecule has 2 aromatic rings. The van der Waals surface area contributed by atoms with Crippen molar-refractivity contribution in [3.05, 3.63) is 21.7 Å². The molecule has 0 aliphatic rings. The maximum atomic E-state index is 14.2. The molecule has 0 fully saturated rings. The SMILES string of the molecule is CC(C)Oc1cc2c(I)nn(COCC[Si](C)(C)C)c2cc1F. The van der Waals surface area contributed by atoms with E-state index in [0.717, 1.165) is 20.6 Å². The Bertz CT molecular complexity index is 683. The van der Waals surface area contributed by atoms with Crippen molar-refractivity contribution in [1.82, 2.24) is 9.78 Å². The molecule has 0 saturated carbocycles. The van der Waals surface area contributed by atoms with E-state index in [-0.39, 0.29) is 17.7 Å². The number of benzene rings is 1. The average molecular weight is 450 g/mol. The molecule has 4 nitrogen and oxygen atoms in total. The zero-order valence-corrected chi connectivity index (χ0v) is 17.5. The van der Waals surface area contributed by atoms with Crippen molar-refractivity contribution >= 4 is 41.6 Å². The zero-order chi connectivity index (χ0) is 17.2. The van der Waals surface area contributed by atoms with Crippen LogP contribution < -0.4 is 4.74 Å². The summed E-state index contributed by atoms with van der Waals surface area (Å²) in [5, 5.41) is 5.34. The predicted molar refractivity (Wildman–Crippen MR) is 102 cm³/mol. The summed E-state index contributed by atoms with van der Waals surface area (Å²) in [5.41, 5.74) is 0.732. The summed E-state index contributed by atoms with van der Waals surface area (Å²) in [6.45, 7) is 11.8. The standard InChI is InChI=1S/C16H24FIN2O2Si/c1-11(2)22-15-8-12-14(9-13(15)17)20(19-16(12)18)10-21-6-7-23(3,4)5/h8-9,11H,6-7,10H2,1-5H3. The molecule has 0 spiro atoms. The van der Waals surface area contributed by atoms with E-state index in [2.05, 4.69) is 47.3 Å². The van der Waals surface area contributed by atoms with Gasteiger partial charge < -0.3 is 9.47 Å². The van der Waals surface area contributed by atoms with Gasteiger partial charge in [0.2, 0.25) is 0 Å². The second kappa shape index (κ2) is 7.48. The molecule has 0 N–H and O–H groups in total. The molecule has 0 aliphatic heterocycles. The first-order valence-electron chi connectivity index (χ1n) is 7.77. The molecule has 1 heterocycles. The van der Waals surface area contributed by atoms with Crippen molar-refractivity contribution < 1.29 is 13.9 Å². The van der Waals surface area contributed by atoms with Crippen molar-refractivity contribution in [2.45, 2.75) is 52.4 Å². The zero-order valence-electron chi connectivity index (χ0n) is 14.3. The van der Waals surface area contributed by atoms with Gasteiger partial charge in [-0.1, -0.05) is 19.6 Å². The van der Waals surface area contributed by atoms with E-state index in [1.165, 1.54) is 6.07 Å². The van der Waals surface area contributed by atoms with E-state index in [0.29, 0.717) is 13.3 Å². The second-order valence-electron chi connectivity index (χ2n) is 7.10. The van der Waals surface area contributed by atoms with Crippen LogP contribution in [-0.2, 0) is 11.5 Å². The maximum Gasteiger partial charge on any atom is 0.167 e. The first-order valence-corrected chi connectivity index (χ1v) is 12.6. The Morgan fingerprint density at radius 1 is 1.30 bits per heavy atom. The lowest BCUT2D eigenvalue weighted by Gasteiger charge is -2.15. The van der Waals surface area contributed by atoms with Gasteiger partial charge >= 0.3 is 0 Å². The summed E-state index contributed by atoms with van der Waals surface area (Å²) in [6.07, 6.45) is -0.0699. The molecule has 1 aromatic carbocycles. The lowest BCUT2D eigenvalue weighted by atomic mass is 10.2. The summed E-state index contributed by atoms with van der Waals surface area (Å²) in [7, 11) is -1.11. The highest BCUT2D eigenvalue weighted by Gasteiger charge is 2.16. The van der Waals surface area contributed by atoms with Gasteiger partial charge in [0.05, 0.1) is 11.6 Å². The fraction of sp³-hybridized carbons (Fsp3) is 0.562. The molecule has 0 atom stereocenters. The highest BCUT2D eigenvalue weighted by molar-refractivity contribution is 14.1. The van der Waals surface area contributed by atoms with Crippen LogP contribution in [0.3, 0.4) is 0 Å². The van der Waals surface area contributed by atoms with Gasteiger partial charge in [-0.05, 0) is 48.5 Å². The van der Waals surface area contributed by atoms with Gasteiger partial charge in [-0.25, -0.2) is 9.07 Å². The normalized spacial score (nSPS) is 12.3. The van der Waals surface area contributed by atoms with Gasteiger partial charge in [0.1, 0.15) is 10.4 Å². The number of ether oxygens (including phenoxy) is 2. The number of nitrogens with zero attached hydrogens (tertiary/aromatic N) is 2. The fourth-order valence-electron chi connectivity index (χ4n) is 2.11. The lowest BCUT2D eigenvalue weighted by Crippen LogP contribution is -2.22. The molecule has 7 heteroatoms. The number of aromatic nitrogens is 2. The Labute approximate surface area is 151 Å². The van der Waals surface area contributed by atoms with E-state index in [4.69, 9.17) is 9.47 Å². The van der Waals surface area contributed by atoms with E-state index >= 15 is 0 Å². The Balaban J connectivity index is 2.17. The Morgan fingerprint density at radius 3 is 2.61 bits per heavy atom. The maximum absolute atomic E-state index is 14.2. The quantitative estimate of drug-likeness (QED) is 0.343. The first-order chi connectivity index (χ1) is 10.7. The lowest BCUT2D eigenvalue weighted by molar-refractivity contribution is 0.0814. The smallest absolute Gasteiger partial charge is 0.167 e. The van der Waals surface area contributed by atoms with E-state index in [1.807, 2.05) is 13.8 Å². The summed E-state index contributed by atoms with van der Waals surface area (Å²) in [5.74, 6) is -0.101. The number of fused-ring (bicyclic) bond motifs is 1. The molecule has 1 aromatic heterocycles. The molecule has 0 unspecified atom stereocenters. The van der Waals surface area contributed by atoms with Crippen molar-refractivity contribution in [1.29, 1.82) is 0 Å². The molecule has 23 heavy (non-hydrogen) atoms. The average Bonchev–Trinajstić information content (AvgIpc) is 2.70. The summed E-state index contributed by atoms with van der Waals surface area (Å²) < 4.78 is 28.0. The topological polar surface area (TPSA) is 36.3 Å². The Hall–Kier alpha value is -0.673. The molecule has 2 rings (SSSR count). The minimum Gasteiger partial charge on any atom is -0.488 e. The van der Waals surface area contributed by atoms with Crippen LogP contribution >= 0.6 is 22.6 Å². The largest absolute Gasteiger partial charge is 0.488 e. The number of hydrogen-bond donors (Lipinski definition) is 0.